The number of anilines is 1. The van der Waals surface area contributed by atoms with E-state index in [1.165, 1.54) is 30.3 Å². The number of nitrogens with one attached hydrogen (secondary N) is 3. The molecule has 3 rings (SSSR count). The average Bonchev–Trinajstić information content (AvgIpc) is 2.98. The molecule has 0 aliphatic carbocycles. The van der Waals surface area contributed by atoms with Crippen molar-refractivity contribution >= 4 is 39.6 Å². The predicted octanol–water partition coefficient (Wildman–Crippen LogP) is 1.30. The number of rotatable bonds is 6. The summed E-state index contributed by atoms with van der Waals surface area (Å²) in [6.07, 6.45) is 1.46. The lowest BCUT2D eigenvalue weighted by molar-refractivity contribution is -0.118. The summed E-state index contributed by atoms with van der Waals surface area (Å²) in [6.45, 7) is -0.268. The van der Waals surface area contributed by atoms with Gasteiger partial charge in [-0.1, -0.05) is 30.3 Å². The molecule has 0 aromatic heterocycles. The lowest BCUT2D eigenvalue weighted by atomic mass is 10.2. The van der Waals surface area contributed by atoms with E-state index in [-0.39, 0.29) is 17.8 Å². The normalized spacial score (nSPS) is 14.2. The molecular formula is C18H16N4O5S. The third-order valence-corrected chi connectivity index (χ3v) is 4.69. The Morgan fingerprint density at radius 1 is 1.04 bits per heavy atom. The van der Waals surface area contributed by atoms with Gasteiger partial charge in [-0.3, -0.25) is 25.1 Å². The van der Waals surface area contributed by atoms with E-state index in [9.17, 15) is 22.8 Å². The van der Waals surface area contributed by atoms with Gasteiger partial charge in [-0.25, -0.2) is 18.2 Å². The summed E-state index contributed by atoms with van der Waals surface area (Å²) in [5.74, 6) is -1.12. The zero-order valence-corrected chi connectivity index (χ0v) is 15.3. The molecule has 0 saturated carbocycles. The van der Waals surface area contributed by atoms with Gasteiger partial charge in [-0.2, -0.15) is 0 Å². The lowest BCUT2D eigenvalue weighted by Crippen LogP contribution is -2.44. The Morgan fingerprint density at radius 2 is 1.71 bits per heavy atom. The van der Waals surface area contributed by atoms with Crippen LogP contribution in [0.4, 0.5) is 10.5 Å². The van der Waals surface area contributed by atoms with Gasteiger partial charge in [0.1, 0.15) is 6.54 Å². The Kier molecular flexibility index (Phi) is 5.41. The van der Waals surface area contributed by atoms with Crippen LogP contribution < -0.4 is 15.5 Å². The second kappa shape index (κ2) is 7.92. The number of carbonyl (C=O) groups excluding carboxylic acids is 3. The number of benzene rings is 2. The van der Waals surface area contributed by atoms with Crippen LogP contribution >= 0.6 is 0 Å². The van der Waals surface area contributed by atoms with E-state index in [1.807, 2.05) is 11.4 Å². The van der Waals surface area contributed by atoms with Crippen molar-refractivity contribution in [3.05, 3.63) is 71.1 Å². The van der Waals surface area contributed by atoms with E-state index in [1.54, 1.807) is 24.3 Å². The van der Waals surface area contributed by atoms with E-state index >= 15 is 0 Å². The number of urea groups is 1. The average molecular weight is 400 g/mol. The summed E-state index contributed by atoms with van der Waals surface area (Å²) in [7, 11) is -3.73. The third kappa shape index (κ3) is 4.95. The molecule has 2 aromatic carbocycles. The van der Waals surface area contributed by atoms with E-state index < -0.39 is 27.9 Å². The molecule has 0 bridgehead atoms. The first-order chi connectivity index (χ1) is 13.3. The molecule has 0 unspecified atom stereocenters. The van der Waals surface area contributed by atoms with Gasteiger partial charge in [0.2, 0.25) is 5.91 Å². The van der Waals surface area contributed by atoms with Gasteiger partial charge >= 0.3 is 6.03 Å². The number of nitrogens with zero attached hydrogens (tertiary/aromatic N) is 1. The van der Waals surface area contributed by atoms with Crippen LogP contribution in [0.25, 0.3) is 6.08 Å². The quantitative estimate of drug-likeness (QED) is 0.631. The zero-order valence-electron chi connectivity index (χ0n) is 14.5. The van der Waals surface area contributed by atoms with Crippen LogP contribution in [0.2, 0.25) is 0 Å². The van der Waals surface area contributed by atoms with Gasteiger partial charge in [-0.05, 0) is 35.9 Å². The van der Waals surface area contributed by atoms with E-state index in [0.717, 1.165) is 16.0 Å². The molecule has 1 heterocycles. The molecule has 9 nitrogen and oxygen atoms in total. The second-order valence-corrected chi connectivity index (χ2v) is 7.38. The number of imide groups is 1. The van der Waals surface area contributed by atoms with Crippen molar-refractivity contribution in [2.24, 2.45) is 0 Å². The minimum atomic E-state index is -3.73. The van der Waals surface area contributed by atoms with Crippen molar-refractivity contribution in [1.82, 2.24) is 15.8 Å². The Labute approximate surface area is 161 Å². The molecule has 1 fully saturated rings. The Hall–Kier alpha value is -3.66. The number of hydrogen-bond acceptors (Lipinski definition) is 5. The highest BCUT2D eigenvalue weighted by molar-refractivity contribution is 7.95. The van der Waals surface area contributed by atoms with Gasteiger partial charge in [0.25, 0.3) is 15.9 Å². The van der Waals surface area contributed by atoms with E-state index in [2.05, 4.69) is 10.1 Å². The molecule has 28 heavy (non-hydrogen) atoms. The molecule has 1 saturated heterocycles. The van der Waals surface area contributed by atoms with Gasteiger partial charge in [0, 0.05) is 11.3 Å². The van der Waals surface area contributed by atoms with Crippen LogP contribution in [0.1, 0.15) is 15.9 Å². The lowest BCUT2D eigenvalue weighted by Gasteiger charge is -2.14. The number of hydrogen-bond donors (Lipinski definition) is 3. The van der Waals surface area contributed by atoms with Crippen LogP contribution in [0.15, 0.2) is 60.0 Å². The predicted molar refractivity (Wildman–Crippen MR) is 102 cm³/mol. The molecule has 0 atom stereocenters. The Balaban J connectivity index is 1.62. The maximum Gasteiger partial charge on any atom is 0.343 e. The molecule has 0 spiro atoms. The summed E-state index contributed by atoms with van der Waals surface area (Å²) >= 11 is 0. The Bertz CT molecular complexity index is 1030. The fraction of sp³-hybridized carbons (Fsp3) is 0.0556. The van der Waals surface area contributed by atoms with Crippen LogP contribution in [0, 0.1) is 0 Å². The maximum atomic E-state index is 12.1. The molecule has 1 aliphatic heterocycles. The van der Waals surface area contributed by atoms with Crippen molar-refractivity contribution in [2.75, 3.05) is 11.3 Å². The van der Waals surface area contributed by atoms with Gasteiger partial charge in [-0.15, -0.1) is 0 Å². The molecule has 2 aromatic rings. The standard InChI is InChI=1S/C18H16N4O5S/c23-16-12-22(18(25)19-16)20-17(24)14-6-8-15(9-7-14)21-28(26,27)11-10-13-4-2-1-3-5-13/h1-11,21H,12H2,(H,20,24)(H,19,23,25)/b11-10+. The number of sulfonamides is 1. The Morgan fingerprint density at radius 3 is 2.32 bits per heavy atom. The molecular weight excluding hydrogens is 384 g/mol. The first-order valence-electron chi connectivity index (χ1n) is 8.11. The minimum Gasteiger partial charge on any atom is -0.280 e. The first-order valence-corrected chi connectivity index (χ1v) is 9.65. The highest BCUT2D eigenvalue weighted by Crippen LogP contribution is 2.13. The van der Waals surface area contributed by atoms with Crippen molar-refractivity contribution in [3.8, 4) is 0 Å². The number of amides is 4. The maximum absolute atomic E-state index is 12.1. The number of hydrazine groups is 1. The minimum absolute atomic E-state index is 0.190. The summed E-state index contributed by atoms with van der Waals surface area (Å²) in [6, 6.07) is 13.9. The highest BCUT2D eigenvalue weighted by Gasteiger charge is 2.28. The summed E-state index contributed by atoms with van der Waals surface area (Å²) in [5.41, 5.74) is 3.49. The third-order valence-electron chi connectivity index (χ3n) is 3.68. The largest absolute Gasteiger partial charge is 0.343 e. The van der Waals surface area contributed by atoms with Crippen LogP contribution in [-0.2, 0) is 14.8 Å². The van der Waals surface area contributed by atoms with Crippen molar-refractivity contribution in [1.29, 1.82) is 0 Å². The van der Waals surface area contributed by atoms with E-state index in [4.69, 9.17) is 0 Å². The van der Waals surface area contributed by atoms with Gasteiger partial charge in [0.15, 0.2) is 0 Å². The molecule has 1 aliphatic rings. The monoisotopic (exact) mass is 400 g/mol. The van der Waals surface area contributed by atoms with Crippen molar-refractivity contribution < 1.29 is 22.8 Å². The molecule has 10 heteroatoms. The van der Waals surface area contributed by atoms with Crippen LogP contribution in [0.3, 0.4) is 0 Å². The smallest absolute Gasteiger partial charge is 0.280 e. The fourth-order valence-electron chi connectivity index (χ4n) is 2.34. The van der Waals surface area contributed by atoms with Gasteiger partial charge < -0.3 is 0 Å². The molecule has 144 valence electrons. The second-order valence-electron chi connectivity index (χ2n) is 5.82. The fourth-order valence-corrected chi connectivity index (χ4v) is 3.21. The van der Waals surface area contributed by atoms with Crippen molar-refractivity contribution in [3.63, 3.8) is 0 Å². The highest BCUT2D eigenvalue weighted by atomic mass is 32.2. The van der Waals surface area contributed by atoms with E-state index in [0.29, 0.717) is 0 Å². The number of carbonyl (C=O) groups is 3. The summed E-state index contributed by atoms with van der Waals surface area (Å²) in [5, 5.41) is 3.94. The van der Waals surface area contributed by atoms with Crippen LogP contribution in [-0.4, -0.2) is 37.8 Å². The molecule has 3 N–H and O–H groups in total. The zero-order chi connectivity index (χ0) is 20.1. The summed E-state index contributed by atoms with van der Waals surface area (Å²) < 4.78 is 26.6. The SMILES string of the molecule is O=C1CN(NC(=O)c2ccc(NS(=O)(=O)/C=C/c3ccccc3)cc2)C(=O)N1. The van der Waals surface area contributed by atoms with Gasteiger partial charge in [0.05, 0.1) is 5.41 Å². The first kappa shape index (κ1) is 19.1. The van der Waals surface area contributed by atoms with Crippen molar-refractivity contribution in [2.45, 2.75) is 0 Å². The summed E-state index contributed by atoms with van der Waals surface area (Å²) in [4.78, 5) is 34.6. The van der Waals surface area contributed by atoms with Crippen LogP contribution in [0.5, 0.6) is 0 Å². The molecule has 4 amide bonds. The topological polar surface area (TPSA) is 125 Å². The molecule has 0 radical (unpaired) electrons.